The standard InChI is InChI=1S/C23H17BrN4O2/c1-26-18-13-28(17-10-4-6-14-8-5-11-25-20(14)17)21(15-7-3-9-16(24)12-15)19(18)22(29)27(2)23(26)30/h3-13H,1-2H3. The monoisotopic (exact) mass is 460 g/mol. The van der Waals surface area contributed by atoms with E-state index in [2.05, 4.69) is 20.9 Å². The zero-order valence-electron chi connectivity index (χ0n) is 16.3. The summed E-state index contributed by atoms with van der Waals surface area (Å²) in [7, 11) is 3.19. The summed E-state index contributed by atoms with van der Waals surface area (Å²) in [5, 5.41) is 1.49. The third-order valence-electron chi connectivity index (χ3n) is 5.41. The van der Waals surface area contributed by atoms with Gasteiger partial charge in [0, 0.05) is 41.9 Å². The Hall–Kier alpha value is -3.45. The van der Waals surface area contributed by atoms with Crippen LogP contribution in [0.15, 0.2) is 81.1 Å². The molecule has 0 bridgehead atoms. The van der Waals surface area contributed by atoms with Crippen LogP contribution in [0.3, 0.4) is 0 Å². The largest absolute Gasteiger partial charge is 0.330 e. The van der Waals surface area contributed by atoms with Gasteiger partial charge in [-0.3, -0.25) is 18.9 Å². The highest BCUT2D eigenvalue weighted by Gasteiger charge is 2.21. The Bertz CT molecular complexity index is 1570. The van der Waals surface area contributed by atoms with Crippen molar-refractivity contribution in [2.24, 2.45) is 14.1 Å². The molecule has 6 nitrogen and oxygen atoms in total. The number of hydrogen-bond acceptors (Lipinski definition) is 3. The average molecular weight is 461 g/mol. The van der Waals surface area contributed by atoms with Gasteiger partial charge in [-0.05, 0) is 24.3 Å². The van der Waals surface area contributed by atoms with Crippen LogP contribution in [0.25, 0.3) is 38.8 Å². The van der Waals surface area contributed by atoms with E-state index in [9.17, 15) is 9.59 Å². The Morgan fingerprint density at radius 2 is 1.70 bits per heavy atom. The molecule has 0 amide bonds. The topological polar surface area (TPSA) is 61.8 Å². The molecule has 148 valence electrons. The molecule has 0 unspecified atom stereocenters. The lowest BCUT2D eigenvalue weighted by molar-refractivity contribution is 0.714. The van der Waals surface area contributed by atoms with E-state index in [4.69, 9.17) is 0 Å². The number of benzene rings is 2. The number of para-hydroxylation sites is 1. The molecule has 0 aliphatic heterocycles. The minimum Gasteiger partial charge on any atom is -0.311 e. The van der Waals surface area contributed by atoms with E-state index in [0.29, 0.717) is 10.9 Å². The zero-order chi connectivity index (χ0) is 21.0. The van der Waals surface area contributed by atoms with E-state index in [1.165, 1.54) is 11.6 Å². The van der Waals surface area contributed by atoms with Crippen LogP contribution in [-0.2, 0) is 14.1 Å². The van der Waals surface area contributed by atoms with Gasteiger partial charge in [0.25, 0.3) is 5.56 Å². The molecule has 3 heterocycles. The maximum absolute atomic E-state index is 13.2. The molecule has 7 heteroatoms. The van der Waals surface area contributed by atoms with Gasteiger partial charge in [-0.25, -0.2) is 4.79 Å². The van der Waals surface area contributed by atoms with Crippen molar-refractivity contribution in [2.45, 2.75) is 0 Å². The van der Waals surface area contributed by atoms with Crippen molar-refractivity contribution in [3.05, 3.63) is 92.3 Å². The second kappa shape index (κ2) is 6.81. The molecular weight excluding hydrogens is 444 g/mol. The molecule has 0 atom stereocenters. The number of fused-ring (bicyclic) bond motifs is 2. The summed E-state index contributed by atoms with van der Waals surface area (Å²) in [5.41, 5.74) is 3.14. The molecular formula is C23H17BrN4O2. The lowest BCUT2D eigenvalue weighted by atomic mass is 10.1. The van der Waals surface area contributed by atoms with Gasteiger partial charge < -0.3 is 4.57 Å². The van der Waals surface area contributed by atoms with Crippen molar-refractivity contribution in [1.82, 2.24) is 18.7 Å². The van der Waals surface area contributed by atoms with Gasteiger partial charge in [-0.2, -0.15) is 0 Å². The fourth-order valence-electron chi connectivity index (χ4n) is 3.93. The Labute approximate surface area is 179 Å². The first-order valence-corrected chi connectivity index (χ1v) is 10.2. The van der Waals surface area contributed by atoms with Gasteiger partial charge in [-0.15, -0.1) is 0 Å². The van der Waals surface area contributed by atoms with Crippen LogP contribution < -0.4 is 11.2 Å². The van der Waals surface area contributed by atoms with E-state index in [0.717, 1.165) is 36.9 Å². The van der Waals surface area contributed by atoms with Crippen LogP contribution in [-0.4, -0.2) is 18.7 Å². The molecule has 5 rings (SSSR count). The zero-order valence-corrected chi connectivity index (χ0v) is 17.9. The van der Waals surface area contributed by atoms with Crippen LogP contribution in [0, 0.1) is 0 Å². The van der Waals surface area contributed by atoms with Crippen molar-refractivity contribution in [3.63, 3.8) is 0 Å². The summed E-state index contributed by atoms with van der Waals surface area (Å²) in [6.07, 6.45) is 3.60. The highest BCUT2D eigenvalue weighted by atomic mass is 79.9. The molecule has 5 aromatic rings. The molecule has 3 aromatic heterocycles. The second-order valence-electron chi connectivity index (χ2n) is 7.18. The maximum Gasteiger partial charge on any atom is 0.330 e. The number of aryl methyl sites for hydroxylation is 1. The number of nitrogens with zero attached hydrogens (tertiary/aromatic N) is 4. The quantitative estimate of drug-likeness (QED) is 0.399. The average Bonchev–Trinajstić information content (AvgIpc) is 3.16. The minimum absolute atomic E-state index is 0.324. The first-order valence-electron chi connectivity index (χ1n) is 9.38. The Morgan fingerprint density at radius 3 is 2.50 bits per heavy atom. The smallest absolute Gasteiger partial charge is 0.311 e. The van der Waals surface area contributed by atoms with Crippen molar-refractivity contribution in [3.8, 4) is 16.9 Å². The highest BCUT2D eigenvalue weighted by Crippen LogP contribution is 2.34. The van der Waals surface area contributed by atoms with Crippen LogP contribution in [0.4, 0.5) is 0 Å². The van der Waals surface area contributed by atoms with Crippen molar-refractivity contribution in [2.75, 3.05) is 0 Å². The number of aromatic nitrogens is 4. The normalized spacial score (nSPS) is 11.4. The molecule has 0 saturated carbocycles. The molecule has 0 aliphatic rings. The molecule has 0 spiro atoms. The summed E-state index contributed by atoms with van der Waals surface area (Å²) >= 11 is 3.53. The first kappa shape index (κ1) is 18.6. The van der Waals surface area contributed by atoms with Crippen LogP contribution in [0.1, 0.15) is 0 Å². The van der Waals surface area contributed by atoms with E-state index >= 15 is 0 Å². The highest BCUT2D eigenvalue weighted by molar-refractivity contribution is 9.10. The van der Waals surface area contributed by atoms with Gasteiger partial charge in [0.15, 0.2) is 0 Å². The van der Waals surface area contributed by atoms with Gasteiger partial charge >= 0.3 is 5.69 Å². The predicted octanol–water partition coefficient (Wildman–Crippen LogP) is 4.01. The lowest BCUT2D eigenvalue weighted by Crippen LogP contribution is -2.36. The second-order valence-corrected chi connectivity index (χ2v) is 8.09. The fourth-order valence-corrected chi connectivity index (χ4v) is 4.33. The minimum atomic E-state index is -0.360. The Kier molecular flexibility index (Phi) is 4.22. The predicted molar refractivity (Wildman–Crippen MR) is 122 cm³/mol. The molecule has 0 radical (unpaired) electrons. The van der Waals surface area contributed by atoms with Crippen LogP contribution in [0.5, 0.6) is 0 Å². The van der Waals surface area contributed by atoms with Gasteiger partial charge in [0.2, 0.25) is 0 Å². The van der Waals surface area contributed by atoms with Gasteiger partial charge in [0.05, 0.1) is 27.8 Å². The summed E-state index contributed by atoms with van der Waals surface area (Å²) in [4.78, 5) is 30.3. The summed E-state index contributed by atoms with van der Waals surface area (Å²) in [6, 6.07) is 17.6. The molecule has 2 aromatic carbocycles. The lowest BCUT2D eigenvalue weighted by Gasteiger charge is -2.12. The number of halogens is 1. The van der Waals surface area contributed by atoms with E-state index in [1.54, 1.807) is 13.2 Å². The number of pyridine rings is 1. The van der Waals surface area contributed by atoms with Crippen molar-refractivity contribution >= 4 is 37.7 Å². The van der Waals surface area contributed by atoms with E-state index in [1.807, 2.05) is 65.4 Å². The summed E-state index contributed by atoms with van der Waals surface area (Å²) in [6.45, 7) is 0. The molecule has 0 saturated heterocycles. The number of hydrogen-bond donors (Lipinski definition) is 0. The van der Waals surface area contributed by atoms with E-state index in [-0.39, 0.29) is 11.2 Å². The molecule has 0 N–H and O–H groups in total. The third-order valence-corrected chi connectivity index (χ3v) is 5.90. The summed E-state index contributed by atoms with van der Waals surface area (Å²) in [5.74, 6) is 0. The van der Waals surface area contributed by atoms with Gasteiger partial charge in [-0.1, -0.05) is 46.3 Å². The molecule has 0 aliphatic carbocycles. The van der Waals surface area contributed by atoms with E-state index < -0.39 is 0 Å². The van der Waals surface area contributed by atoms with Crippen LogP contribution >= 0.6 is 15.9 Å². The SMILES string of the molecule is Cn1c(=O)c2c(-c3cccc(Br)c3)n(-c3cccc4cccnc34)cc2n(C)c1=O. The molecule has 0 fully saturated rings. The van der Waals surface area contributed by atoms with Gasteiger partial charge in [0.1, 0.15) is 0 Å². The number of rotatable bonds is 2. The Balaban J connectivity index is 2.02. The Morgan fingerprint density at radius 1 is 0.933 bits per heavy atom. The third kappa shape index (κ3) is 2.66. The van der Waals surface area contributed by atoms with Crippen LogP contribution in [0.2, 0.25) is 0 Å². The maximum atomic E-state index is 13.2. The van der Waals surface area contributed by atoms with Crippen molar-refractivity contribution in [1.29, 1.82) is 0 Å². The first-order chi connectivity index (χ1) is 14.5. The summed E-state index contributed by atoms with van der Waals surface area (Å²) < 4.78 is 5.52. The van der Waals surface area contributed by atoms with Crippen molar-refractivity contribution < 1.29 is 0 Å². The fraction of sp³-hybridized carbons (Fsp3) is 0.0870. The molecule has 30 heavy (non-hydrogen) atoms.